The summed E-state index contributed by atoms with van der Waals surface area (Å²) < 4.78 is 0. The molecule has 1 amide bonds. The van der Waals surface area contributed by atoms with Crippen LogP contribution in [0.4, 0.5) is 0 Å². The van der Waals surface area contributed by atoms with Gasteiger partial charge < -0.3 is 5.32 Å². The highest BCUT2D eigenvalue weighted by atomic mass is 35.5. The number of hydrogen-bond donors (Lipinski definition) is 1. The average Bonchev–Trinajstić information content (AvgIpc) is 2.25. The van der Waals surface area contributed by atoms with Gasteiger partial charge in [-0.2, -0.15) is 0 Å². The van der Waals surface area contributed by atoms with Gasteiger partial charge in [-0.05, 0) is 25.5 Å². The second-order valence-electron chi connectivity index (χ2n) is 3.38. The van der Waals surface area contributed by atoms with E-state index in [-0.39, 0.29) is 11.3 Å². The van der Waals surface area contributed by atoms with Gasteiger partial charge in [-0.15, -0.1) is 11.6 Å². The van der Waals surface area contributed by atoms with E-state index in [4.69, 9.17) is 11.6 Å². The fourth-order valence-corrected chi connectivity index (χ4v) is 1.18. The zero-order valence-electron chi connectivity index (χ0n) is 8.96. The van der Waals surface area contributed by atoms with Crippen LogP contribution in [-0.4, -0.2) is 22.8 Å². The molecule has 0 aliphatic heterocycles. The van der Waals surface area contributed by atoms with Crippen molar-refractivity contribution in [1.82, 2.24) is 10.3 Å². The van der Waals surface area contributed by atoms with Crippen molar-refractivity contribution in [2.24, 2.45) is 0 Å². The van der Waals surface area contributed by atoms with Crippen molar-refractivity contribution in [1.29, 1.82) is 0 Å². The molecule has 1 atom stereocenters. The maximum absolute atomic E-state index is 11.6. The summed E-state index contributed by atoms with van der Waals surface area (Å²) in [6.07, 6.45) is 0.836. The summed E-state index contributed by atoms with van der Waals surface area (Å²) in [5.41, 5.74) is 1.27. The highest BCUT2D eigenvalue weighted by Gasteiger charge is 2.08. The summed E-state index contributed by atoms with van der Waals surface area (Å²) in [6, 6.07) is 5.36. The number of carbonyl (C=O) groups is 1. The third-order valence-corrected chi connectivity index (χ3v) is 2.51. The lowest BCUT2D eigenvalue weighted by atomic mass is 10.3. The molecule has 0 saturated carbocycles. The van der Waals surface area contributed by atoms with Crippen LogP contribution >= 0.6 is 11.6 Å². The molecule has 0 aliphatic carbocycles. The molecule has 1 aromatic heterocycles. The van der Waals surface area contributed by atoms with Gasteiger partial charge in [0.05, 0.1) is 5.38 Å². The Morgan fingerprint density at radius 2 is 2.33 bits per heavy atom. The van der Waals surface area contributed by atoms with Crippen molar-refractivity contribution in [2.75, 3.05) is 6.54 Å². The van der Waals surface area contributed by atoms with Crippen LogP contribution in [0.5, 0.6) is 0 Å². The minimum atomic E-state index is -0.169. The number of amides is 1. The molecular weight excluding hydrogens is 212 g/mol. The average molecular weight is 227 g/mol. The highest BCUT2D eigenvalue weighted by Crippen LogP contribution is 2.01. The molecule has 1 aromatic rings. The quantitative estimate of drug-likeness (QED) is 0.800. The molecule has 0 saturated heterocycles. The molecule has 4 heteroatoms. The van der Waals surface area contributed by atoms with Gasteiger partial charge in [-0.25, -0.2) is 4.98 Å². The maximum atomic E-state index is 11.6. The van der Waals surface area contributed by atoms with Gasteiger partial charge in [0, 0.05) is 12.2 Å². The first-order valence-electron chi connectivity index (χ1n) is 4.99. The second kappa shape index (κ2) is 5.71. The van der Waals surface area contributed by atoms with Crippen molar-refractivity contribution >= 4 is 17.5 Å². The monoisotopic (exact) mass is 226 g/mol. The molecule has 0 aromatic carbocycles. The first-order chi connectivity index (χ1) is 7.13. The van der Waals surface area contributed by atoms with E-state index >= 15 is 0 Å². The van der Waals surface area contributed by atoms with Crippen molar-refractivity contribution < 1.29 is 4.79 Å². The normalized spacial score (nSPS) is 12.2. The topological polar surface area (TPSA) is 42.0 Å². The van der Waals surface area contributed by atoms with E-state index in [0.717, 1.165) is 12.1 Å². The molecule has 1 heterocycles. The van der Waals surface area contributed by atoms with E-state index in [1.54, 1.807) is 6.07 Å². The van der Waals surface area contributed by atoms with Gasteiger partial charge in [-0.1, -0.05) is 13.0 Å². The van der Waals surface area contributed by atoms with Crippen LogP contribution in [0.3, 0.4) is 0 Å². The maximum Gasteiger partial charge on any atom is 0.269 e. The Morgan fingerprint density at radius 3 is 2.93 bits per heavy atom. The number of halogens is 1. The van der Waals surface area contributed by atoms with E-state index in [9.17, 15) is 4.79 Å². The fraction of sp³-hybridized carbons (Fsp3) is 0.455. The third kappa shape index (κ3) is 3.88. The van der Waals surface area contributed by atoms with E-state index < -0.39 is 0 Å². The van der Waals surface area contributed by atoms with Gasteiger partial charge >= 0.3 is 0 Å². The SMILES string of the molecule is CCC(Cl)CNC(=O)c1cccc(C)n1. The number of rotatable bonds is 4. The summed E-state index contributed by atoms with van der Waals surface area (Å²) in [7, 11) is 0. The molecule has 0 bridgehead atoms. The minimum Gasteiger partial charge on any atom is -0.349 e. The van der Waals surface area contributed by atoms with Crippen LogP contribution in [0.2, 0.25) is 0 Å². The van der Waals surface area contributed by atoms with Crippen molar-refractivity contribution in [2.45, 2.75) is 25.6 Å². The molecule has 0 fully saturated rings. The summed E-state index contributed by atoms with van der Waals surface area (Å²) in [5, 5.41) is 2.73. The molecule has 0 spiro atoms. The molecule has 1 N–H and O–H groups in total. The first kappa shape index (κ1) is 12.0. The Balaban J connectivity index is 2.54. The van der Waals surface area contributed by atoms with Crippen molar-refractivity contribution in [3.8, 4) is 0 Å². The lowest BCUT2D eigenvalue weighted by molar-refractivity contribution is 0.0948. The molecule has 0 aliphatic rings. The predicted molar refractivity (Wildman–Crippen MR) is 61.2 cm³/mol. The van der Waals surface area contributed by atoms with Gasteiger partial charge in [-0.3, -0.25) is 4.79 Å². The van der Waals surface area contributed by atoms with E-state index in [1.165, 1.54) is 0 Å². The molecule has 15 heavy (non-hydrogen) atoms. The Kier molecular flexibility index (Phi) is 4.56. The van der Waals surface area contributed by atoms with Crippen LogP contribution in [0.1, 0.15) is 29.5 Å². The lowest BCUT2D eigenvalue weighted by Gasteiger charge is -2.08. The predicted octanol–water partition coefficient (Wildman–Crippen LogP) is 2.14. The van der Waals surface area contributed by atoms with Gasteiger partial charge in [0.25, 0.3) is 5.91 Å². The second-order valence-corrected chi connectivity index (χ2v) is 4.00. The third-order valence-electron chi connectivity index (χ3n) is 2.05. The van der Waals surface area contributed by atoms with Crippen LogP contribution in [-0.2, 0) is 0 Å². The van der Waals surface area contributed by atoms with Crippen LogP contribution in [0.15, 0.2) is 18.2 Å². The fourth-order valence-electron chi connectivity index (χ4n) is 1.11. The number of nitrogens with one attached hydrogen (secondary N) is 1. The summed E-state index contributed by atoms with van der Waals surface area (Å²) >= 11 is 5.89. The standard InChI is InChI=1S/C11H15ClN2O/c1-3-9(12)7-13-11(15)10-6-4-5-8(2)14-10/h4-6,9H,3,7H2,1-2H3,(H,13,15). The molecule has 82 valence electrons. The number of aromatic nitrogens is 1. The summed E-state index contributed by atoms with van der Waals surface area (Å²) in [6.45, 7) is 4.31. The number of carbonyl (C=O) groups excluding carboxylic acids is 1. The number of pyridine rings is 1. The smallest absolute Gasteiger partial charge is 0.269 e. The lowest BCUT2D eigenvalue weighted by Crippen LogP contribution is -2.30. The Bertz CT molecular complexity index is 341. The molecule has 3 nitrogen and oxygen atoms in total. The van der Waals surface area contributed by atoms with Gasteiger partial charge in [0.15, 0.2) is 0 Å². The zero-order valence-corrected chi connectivity index (χ0v) is 9.71. The number of alkyl halides is 1. The highest BCUT2D eigenvalue weighted by molar-refractivity contribution is 6.20. The minimum absolute atomic E-state index is 0.0150. The molecule has 1 unspecified atom stereocenters. The Morgan fingerprint density at radius 1 is 1.60 bits per heavy atom. The zero-order chi connectivity index (χ0) is 11.3. The van der Waals surface area contributed by atoms with Crippen LogP contribution in [0.25, 0.3) is 0 Å². The van der Waals surface area contributed by atoms with Gasteiger partial charge in [0.1, 0.15) is 5.69 Å². The molecular formula is C11H15ClN2O. The Hall–Kier alpha value is -1.09. The van der Waals surface area contributed by atoms with Crippen LogP contribution in [0, 0.1) is 6.92 Å². The van der Waals surface area contributed by atoms with E-state index in [1.807, 2.05) is 26.0 Å². The van der Waals surface area contributed by atoms with E-state index in [2.05, 4.69) is 10.3 Å². The van der Waals surface area contributed by atoms with Crippen LogP contribution < -0.4 is 5.32 Å². The molecule has 0 radical (unpaired) electrons. The van der Waals surface area contributed by atoms with Gasteiger partial charge in [0.2, 0.25) is 0 Å². The first-order valence-corrected chi connectivity index (χ1v) is 5.43. The number of aryl methyl sites for hydroxylation is 1. The van der Waals surface area contributed by atoms with Crippen molar-refractivity contribution in [3.63, 3.8) is 0 Å². The summed E-state index contributed by atoms with van der Waals surface area (Å²) in [4.78, 5) is 15.7. The molecule has 1 rings (SSSR count). The summed E-state index contributed by atoms with van der Waals surface area (Å²) in [5.74, 6) is -0.169. The number of nitrogens with zero attached hydrogens (tertiary/aromatic N) is 1. The number of hydrogen-bond acceptors (Lipinski definition) is 2. The largest absolute Gasteiger partial charge is 0.349 e. The Labute approximate surface area is 94.9 Å². The van der Waals surface area contributed by atoms with Crippen molar-refractivity contribution in [3.05, 3.63) is 29.6 Å². The van der Waals surface area contributed by atoms with E-state index in [0.29, 0.717) is 12.2 Å².